The van der Waals surface area contributed by atoms with Gasteiger partial charge >= 0.3 is 0 Å². The highest BCUT2D eigenvalue weighted by molar-refractivity contribution is 5.82. The summed E-state index contributed by atoms with van der Waals surface area (Å²) in [4.78, 5) is 11.8. The number of nitrogens with zero attached hydrogens (tertiary/aromatic N) is 1. The van der Waals surface area contributed by atoms with Gasteiger partial charge in [0.05, 0.1) is 6.20 Å². The molecule has 2 saturated carbocycles. The predicted molar refractivity (Wildman–Crippen MR) is 54.8 cm³/mol. The predicted octanol–water partition coefficient (Wildman–Crippen LogP) is 1.07. The van der Waals surface area contributed by atoms with E-state index in [1.807, 2.05) is 6.20 Å². The molecule has 4 nitrogen and oxygen atoms in total. The van der Waals surface area contributed by atoms with Crippen molar-refractivity contribution in [2.24, 2.45) is 17.8 Å². The molecule has 2 atom stereocenters. The molecule has 1 amide bonds. The monoisotopic (exact) mass is 205 g/mol. The second-order valence-corrected chi connectivity index (χ2v) is 4.61. The van der Waals surface area contributed by atoms with Gasteiger partial charge in [0.25, 0.3) is 0 Å². The van der Waals surface area contributed by atoms with Crippen molar-refractivity contribution in [3.8, 4) is 0 Å². The van der Waals surface area contributed by atoms with E-state index in [1.54, 1.807) is 6.20 Å². The van der Waals surface area contributed by atoms with Gasteiger partial charge in [-0.2, -0.15) is 5.10 Å². The summed E-state index contributed by atoms with van der Waals surface area (Å²) in [6.45, 7) is 0.602. The van der Waals surface area contributed by atoms with Crippen molar-refractivity contribution in [3.63, 3.8) is 0 Å². The number of aromatic amines is 1. The zero-order chi connectivity index (χ0) is 10.3. The van der Waals surface area contributed by atoms with Crippen LogP contribution in [0.2, 0.25) is 0 Å². The molecule has 0 aromatic carbocycles. The van der Waals surface area contributed by atoms with Crippen LogP contribution >= 0.6 is 0 Å². The molecule has 1 aromatic rings. The third-order valence-electron chi connectivity index (χ3n) is 3.73. The first kappa shape index (κ1) is 8.95. The van der Waals surface area contributed by atoms with Crippen LogP contribution in [0.1, 0.15) is 24.8 Å². The number of nitrogens with one attached hydrogen (secondary N) is 2. The molecule has 0 radical (unpaired) electrons. The number of rotatable bonds is 3. The van der Waals surface area contributed by atoms with Crippen LogP contribution in [0.25, 0.3) is 0 Å². The van der Waals surface area contributed by atoms with Gasteiger partial charge in [0.2, 0.25) is 5.91 Å². The number of hydrogen-bond donors (Lipinski definition) is 2. The fraction of sp³-hybridized carbons (Fsp3) is 0.636. The smallest absolute Gasteiger partial charge is 0.223 e. The maximum Gasteiger partial charge on any atom is 0.223 e. The van der Waals surface area contributed by atoms with Gasteiger partial charge in [0.15, 0.2) is 0 Å². The summed E-state index contributed by atoms with van der Waals surface area (Å²) < 4.78 is 0. The van der Waals surface area contributed by atoms with Crippen LogP contribution in [0.15, 0.2) is 12.4 Å². The first-order valence-electron chi connectivity index (χ1n) is 5.61. The van der Waals surface area contributed by atoms with Gasteiger partial charge < -0.3 is 5.32 Å². The fourth-order valence-corrected chi connectivity index (χ4v) is 2.89. The molecular formula is C11H15N3O. The van der Waals surface area contributed by atoms with E-state index in [4.69, 9.17) is 0 Å². The Morgan fingerprint density at radius 1 is 1.53 bits per heavy atom. The minimum Gasteiger partial charge on any atom is -0.352 e. The van der Waals surface area contributed by atoms with Crippen molar-refractivity contribution in [3.05, 3.63) is 18.0 Å². The SMILES string of the molecule is O=C(NCc1cn[nH]c1)C1C2CCCC21. The number of aromatic nitrogens is 2. The number of carbonyl (C=O) groups excluding carboxylic acids is 1. The average molecular weight is 205 g/mol. The molecule has 4 heteroatoms. The van der Waals surface area contributed by atoms with Crippen LogP contribution in [0.3, 0.4) is 0 Å². The highest BCUT2D eigenvalue weighted by atomic mass is 16.2. The molecule has 1 aromatic heterocycles. The van der Waals surface area contributed by atoms with E-state index in [2.05, 4.69) is 15.5 Å². The normalized spacial score (nSPS) is 32.4. The summed E-state index contributed by atoms with van der Waals surface area (Å²) >= 11 is 0. The molecule has 2 unspecified atom stereocenters. The first-order chi connectivity index (χ1) is 7.36. The molecule has 0 aliphatic heterocycles. The van der Waals surface area contributed by atoms with Crippen LogP contribution in [-0.4, -0.2) is 16.1 Å². The van der Waals surface area contributed by atoms with Crippen molar-refractivity contribution in [1.82, 2.24) is 15.5 Å². The van der Waals surface area contributed by atoms with E-state index in [1.165, 1.54) is 19.3 Å². The second kappa shape index (κ2) is 3.36. The van der Waals surface area contributed by atoms with Crippen molar-refractivity contribution in [2.75, 3.05) is 0 Å². The van der Waals surface area contributed by atoms with Crippen molar-refractivity contribution >= 4 is 5.91 Å². The maximum atomic E-state index is 11.8. The fourth-order valence-electron chi connectivity index (χ4n) is 2.89. The lowest BCUT2D eigenvalue weighted by Crippen LogP contribution is -2.25. The van der Waals surface area contributed by atoms with Crippen molar-refractivity contribution in [1.29, 1.82) is 0 Å². The largest absolute Gasteiger partial charge is 0.352 e. The summed E-state index contributed by atoms with van der Waals surface area (Å²) in [6, 6.07) is 0. The van der Waals surface area contributed by atoms with E-state index in [-0.39, 0.29) is 5.91 Å². The lowest BCUT2D eigenvalue weighted by Gasteiger charge is -2.04. The highest BCUT2D eigenvalue weighted by Gasteiger charge is 2.56. The number of amides is 1. The first-order valence-corrected chi connectivity index (χ1v) is 5.61. The Morgan fingerprint density at radius 2 is 2.33 bits per heavy atom. The molecule has 3 rings (SSSR count). The van der Waals surface area contributed by atoms with Crippen LogP contribution in [0, 0.1) is 17.8 Å². The van der Waals surface area contributed by atoms with Gasteiger partial charge in [-0.15, -0.1) is 0 Å². The number of hydrogen-bond acceptors (Lipinski definition) is 2. The molecule has 0 saturated heterocycles. The Bertz CT molecular complexity index is 350. The molecule has 80 valence electrons. The number of carbonyl (C=O) groups is 1. The molecule has 0 bridgehead atoms. The molecule has 1 heterocycles. The van der Waals surface area contributed by atoms with E-state index in [0.717, 1.165) is 5.56 Å². The zero-order valence-electron chi connectivity index (χ0n) is 8.57. The van der Waals surface area contributed by atoms with Crippen LogP contribution in [-0.2, 0) is 11.3 Å². The molecule has 2 N–H and O–H groups in total. The van der Waals surface area contributed by atoms with E-state index in [9.17, 15) is 4.79 Å². The van der Waals surface area contributed by atoms with Crippen molar-refractivity contribution < 1.29 is 4.79 Å². The lowest BCUT2D eigenvalue weighted by atomic mass is 10.1. The van der Waals surface area contributed by atoms with Gasteiger partial charge in [-0.1, -0.05) is 6.42 Å². The van der Waals surface area contributed by atoms with Gasteiger partial charge in [-0.3, -0.25) is 9.89 Å². The third kappa shape index (κ3) is 1.54. The Kier molecular flexibility index (Phi) is 2.01. The Morgan fingerprint density at radius 3 is 3.00 bits per heavy atom. The lowest BCUT2D eigenvalue weighted by molar-refractivity contribution is -0.123. The standard InChI is InChI=1S/C11H15N3O/c15-11(10-8-2-1-3-9(8)10)12-4-7-5-13-14-6-7/h5-6,8-10H,1-4H2,(H,12,15)(H,13,14). The van der Waals surface area contributed by atoms with Crippen LogP contribution in [0.5, 0.6) is 0 Å². The number of fused-ring (bicyclic) bond motifs is 1. The molecular weight excluding hydrogens is 190 g/mol. The summed E-state index contributed by atoms with van der Waals surface area (Å²) in [6.07, 6.45) is 7.39. The van der Waals surface area contributed by atoms with Gasteiger partial charge in [0, 0.05) is 24.2 Å². The minimum absolute atomic E-state index is 0.242. The van der Waals surface area contributed by atoms with E-state index in [0.29, 0.717) is 24.3 Å². The second-order valence-electron chi connectivity index (χ2n) is 4.61. The third-order valence-corrected chi connectivity index (χ3v) is 3.73. The highest BCUT2D eigenvalue weighted by Crippen LogP contribution is 2.57. The molecule has 2 aliphatic carbocycles. The summed E-state index contributed by atoms with van der Waals surface area (Å²) in [5, 5.41) is 9.56. The molecule has 2 fully saturated rings. The van der Waals surface area contributed by atoms with Gasteiger partial charge in [0.1, 0.15) is 0 Å². The van der Waals surface area contributed by atoms with E-state index >= 15 is 0 Å². The van der Waals surface area contributed by atoms with Crippen molar-refractivity contribution in [2.45, 2.75) is 25.8 Å². The summed E-state index contributed by atoms with van der Waals surface area (Å²) in [7, 11) is 0. The van der Waals surface area contributed by atoms with Gasteiger partial charge in [-0.05, 0) is 24.7 Å². The van der Waals surface area contributed by atoms with E-state index < -0.39 is 0 Å². The Hall–Kier alpha value is -1.32. The number of H-pyrrole nitrogens is 1. The topological polar surface area (TPSA) is 57.8 Å². The van der Waals surface area contributed by atoms with Crippen LogP contribution < -0.4 is 5.32 Å². The van der Waals surface area contributed by atoms with Gasteiger partial charge in [-0.25, -0.2) is 0 Å². The molecule has 0 spiro atoms. The average Bonchev–Trinajstić information content (AvgIpc) is 2.72. The molecule has 2 aliphatic rings. The minimum atomic E-state index is 0.242. The zero-order valence-corrected chi connectivity index (χ0v) is 8.57. The summed E-state index contributed by atoms with van der Waals surface area (Å²) in [5.74, 6) is 1.97. The Balaban J connectivity index is 1.50. The Labute approximate surface area is 88.4 Å². The maximum absolute atomic E-state index is 11.8. The molecule has 15 heavy (non-hydrogen) atoms. The summed E-state index contributed by atoms with van der Waals surface area (Å²) in [5.41, 5.74) is 1.04. The van der Waals surface area contributed by atoms with Crippen LogP contribution in [0.4, 0.5) is 0 Å². The quantitative estimate of drug-likeness (QED) is 0.775.